The van der Waals surface area contributed by atoms with E-state index in [1.54, 1.807) is 28.9 Å². The highest BCUT2D eigenvalue weighted by molar-refractivity contribution is 7.89. The van der Waals surface area contributed by atoms with E-state index >= 15 is 0 Å². The first-order valence-electron chi connectivity index (χ1n) is 7.39. The van der Waals surface area contributed by atoms with E-state index < -0.39 is 10.0 Å². The van der Waals surface area contributed by atoms with Crippen molar-refractivity contribution in [3.05, 3.63) is 38.3 Å². The first-order chi connectivity index (χ1) is 11.4. The van der Waals surface area contributed by atoms with Crippen LogP contribution in [0.4, 0.5) is 0 Å². The smallest absolute Gasteiger partial charge is 0.244 e. The molecule has 0 aliphatic carbocycles. The Bertz CT molecular complexity index is 885. The lowest BCUT2D eigenvalue weighted by atomic mass is 10.4. The SMILES string of the molecule is Cc1nn(CN2CCN(S(=O)(=O)c3ccccc3Cl)CC2)c(=S)s1. The summed E-state index contributed by atoms with van der Waals surface area (Å²) in [5, 5.41) is 5.56. The van der Waals surface area contributed by atoms with Crippen molar-refractivity contribution in [2.45, 2.75) is 18.5 Å². The molecule has 1 saturated heterocycles. The van der Waals surface area contributed by atoms with Crippen LogP contribution in [-0.2, 0) is 16.7 Å². The first kappa shape index (κ1) is 18.0. The fraction of sp³-hybridized carbons (Fsp3) is 0.429. The van der Waals surface area contributed by atoms with Gasteiger partial charge in [-0.15, -0.1) is 0 Å². The lowest BCUT2D eigenvalue weighted by molar-refractivity contribution is 0.145. The molecule has 0 unspecified atom stereocenters. The molecule has 2 aromatic rings. The molecule has 130 valence electrons. The van der Waals surface area contributed by atoms with Crippen LogP contribution in [0, 0.1) is 10.9 Å². The van der Waals surface area contributed by atoms with Crippen molar-refractivity contribution in [2.75, 3.05) is 26.2 Å². The molecule has 1 aliphatic rings. The lowest BCUT2D eigenvalue weighted by Gasteiger charge is -2.33. The molecular weight excluding hydrogens is 388 g/mol. The highest BCUT2D eigenvalue weighted by atomic mass is 35.5. The van der Waals surface area contributed by atoms with E-state index in [9.17, 15) is 8.42 Å². The van der Waals surface area contributed by atoms with Crippen molar-refractivity contribution < 1.29 is 8.42 Å². The van der Waals surface area contributed by atoms with E-state index in [0.29, 0.717) is 32.8 Å². The van der Waals surface area contributed by atoms with E-state index in [1.165, 1.54) is 15.6 Å². The average molecular weight is 405 g/mol. The van der Waals surface area contributed by atoms with Crippen LogP contribution in [-0.4, -0.2) is 53.6 Å². The molecule has 0 bridgehead atoms. The van der Waals surface area contributed by atoms with Gasteiger partial charge in [0, 0.05) is 26.2 Å². The third kappa shape index (κ3) is 3.71. The molecule has 6 nitrogen and oxygen atoms in total. The van der Waals surface area contributed by atoms with Gasteiger partial charge in [0.2, 0.25) is 10.0 Å². The summed E-state index contributed by atoms with van der Waals surface area (Å²) in [6.07, 6.45) is 0. The van der Waals surface area contributed by atoms with E-state index in [-0.39, 0.29) is 9.92 Å². The molecule has 0 saturated carbocycles. The number of nitrogens with zero attached hydrogens (tertiary/aromatic N) is 4. The second-order valence-corrected chi connectivity index (χ2v) is 9.62. The maximum absolute atomic E-state index is 12.7. The third-order valence-electron chi connectivity index (χ3n) is 3.83. The Morgan fingerprint density at radius 2 is 1.92 bits per heavy atom. The molecule has 3 rings (SSSR count). The van der Waals surface area contributed by atoms with Crippen LogP contribution in [0.2, 0.25) is 5.02 Å². The van der Waals surface area contributed by atoms with Crippen LogP contribution in [0.1, 0.15) is 5.01 Å². The lowest BCUT2D eigenvalue weighted by Crippen LogP contribution is -2.49. The fourth-order valence-electron chi connectivity index (χ4n) is 2.59. The molecule has 10 heteroatoms. The van der Waals surface area contributed by atoms with Crippen LogP contribution in [0.3, 0.4) is 0 Å². The molecule has 0 atom stereocenters. The molecule has 2 heterocycles. The van der Waals surface area contributed by atoms with Gasteiger partial charge in [0.15, 0.2) is 3.95 Å². The second-order valence-electron chi connectivity index (χ2n) is 5.48. The summed E-state index contributed by atoms with van der Waals surface area (Å²) in [5.41, 5.74) is 0. The zero-order valence-electron chi connectivity index (χ0n) is 13.1. The van der Waals surface area contributed by atoms with Gasteiger partial charge in [-0.25, -0.2) is 13.1 Å². The number of sulfonamides is 1. The van der Waals surface area contributed by atoms with E-state index in [0.717, 1.165) is 8.96 Å². The van der Waals surface area contributed by atoms with Crippen molar-refractivity contribution in [2.24, 2.45) is 0 Å². The summed E-state index contributed by atoms with van der Waals surface area (Å²) >= 11 is 12.8. The number of aromatic nitrogens is 2. The van der Waals surface area contributed by atoms with Crippen molar-refractivity contribution in [3.8, 4) is 0 Å². The molecule has 0 amide bonds. The van der Waals surface area contributed by atoms with Gasteiger partial charge in [-0.1, -0.05) is 35.1 Å². The van der Waals surface area contributed by atoms with Crippen molar-refractivity contribution in [1.29, 1.82) is 0 Å². The van der Waals surface area contributed by atoms with Gasteiger partial charge >= 0.3 is 0 Å². The minimum atomic E-state index is -3.56. The summed E-state index contributed by atoms with van der Waals surface area (Å²) in [4.78, 5) is 2.31. The van der Waals surface area contributed by atoms with Crippen LogP contribution in [0.15, 0.2) is 29.2 Å². The summed E-state index contributed by atoms with van der Waals surface area (Å²) < 4.78 is 29.4. The summed E-state index contributed by atoms with van der Waals surface area (Å²) in [6.45, 7) is 4.60. The van der Waals surface area contributed by atoms with Gasteiger partial charge in [0.1, 0.15) is 9.90 Å². The predicted octanol–water partition coefficient (Wildman–Crippen LogP) is 2.60. The van der Waals surface area contributed by atoms with E-state index in [4.69, 9.17) is 23.8 Å². The molecule has 1 aliphatic heterocycles. The molecule has 1 fully saturated rings. The summed E-state index contributed by atoms with van der Waals surface area (Å²) in [5.74, 6) is 0. The largest absolute Gasteiger partial charge is 0.282 e. The first-order valence-corrected chi connectivity index (χ1v) is 10.4. The molecular formula is C14H17ClN4O2S3. The molecule has 0 radical (unpaired) electrons. The Hall–Kier alpha value is -0.840. The second kappa shape index (κ2) is 7.19. The van der Waals surface area contributed by atoms with Crippen LogP contribution < -0.4 is 0 Å². The monoisotopic (exact) mass is 404 g/mol. The van der Waals surface area contributed by atoms with Gasteiger partial charge in [0.25, 0.3) is 0 Å². The van der Waals surface area contributed by atoms with Gasteiger partial charge in [-0.3, -0.25) is 4.90 Å². The quantitative estimate of drug-likeness (QED) is 0.733. The van der Waals surface area contributed by atoms with Gasteiger partial charge in [-0.05, 0) is 31.3 Å². The normalized spacial score (nSPS) is 17.2. The number of benzene rings is 1. The fourth-order valence-corrected chi connectivity index (χ4v) is 5.57. The third-order valence-corrected chi connectivity index (χ3v) is 7.45. The number of hydrogen-bond donors (Lipinski definition) is 0. The number of piperazine rings is 1. The average Bonchev–Trinajstić information content (AvgIpc) is 2.85. The van der Waals surface area contributed by atoms with Crippen molar-refractivity contribution in [1.82, 2.24) is 19.0 Å². The summed E-state index contributed by atoms with van der Waals surface area (Å²) in [6, 6.07) is 6.54. The maximum atomic E-state index is 12.7. The van der Waals surface area contributed by atoms with Crippen LogP contribution >= 0.6 is 35.2 Å². The number of hydrogen-bond acceptors (Lipinski definition) is 6. The zero-order chi connectivity index (χ0) is 17.3. The van der Waals surface area contributed by atoms with Crippen LogP contribution in [0.5, 0.6) is 0 Å². The molecule has 24 heavy (non-hydrogen) atoms. The number of halogens is 1. The predicted molar refractivity (Wildman–Crippen MR) is 97.5 cm³/mol. The highest BCUT2D eigenvalue weighted by Gasteiger charge is 2.30. The maximum Gasteiger partial charge on any atom is 0.244 e. The minimum Gasteiger partial charge on any atom is -0.282 e. The molecule has 1 aromatic heterocycles. The van der Waals surface area contributed by atoms with Crippen LogP contribution in [0.25, 0.3) is 0 Å². The molecule has 0 spiro atoms. The van der Waals surface area contributed by atoms with Gasteiger partial charge in [0.05, 0.1) is 11.7 Å². The Kier molecular flexibility index (Phi) is 5.38. The molecule has 1 aromatic carbocycles. The Balaban J connectivity index is 1.68. The topological polar surface area (TPSA) is 58.4 Å². The Morgan fingerprint density at radius 1 is 1.25 bits per heavy atom. The van der Waals surface area contributed by atoms with E-state index in [2.05, 4.69) is 10.00 Å². The number of rotatable bonds is 4. The van der Waals surface area contributed by atoms with E-state index in [1.807, 2.05) is 6.92 Å². The number of aryl methyl sites for hydroxylation is 1. The Labute approximate surface area is 155 Å². The van der Waals surface area contributed by atoms with Gasteiger partial charge in [-0.2, -0.15) is 9.40 Å². The van der Waals surface area contributed by atoms with Crippen molar-refractivity contribution >= 4 is 45.2 Å². The minimum absolute atomic E-state index is 0.164. The zero-order valence-corrected chi connectivity index (χ0v) is 16.3. The molecule has 0 N–H and O–H groups in total. The highest BCUT2D eigenvalue weighted by Crippen LogP contribution is 2.25. The van der Waals surface area contributed by atoms with Gasteiger partial charge < -0.3 is 0 Å². The summed E-state index contributed by atoms with van der Waals surface area (Å²) in [7, 11) is -3.56. The standard InChI is InChI=1S/C14H17ClN4O2S3/c1-11-16-19(14(22)23-11)10-17-6-8-18(9-7-17)24(20,21)13-5-3-2-4-12(13)15/h2-5H,6-10H2,1H3. The van der Waals surface area contributed by atoms with Crippen molar-refractivity contribution in [3.63, 3.8) is 0 Å². The Morgan fingerprint density at radius 3 is 2.50 bits per heavy atom.